The van der Waals surface area contributed by atoms with E-state index >= 15 is 0 Å². The molecule has 1 aromatic carbocycles. The van der Waals surface area contributed by atoms with Crippen molar-refractivity contribution in [2.24, 2.45) is 0 Å². The number of carbonyl (C=O) groups is 1. The van der Waals surface area contributed by atoms with Crippen LogP contribution in [0.5, 0.6) is 0 Å². The fourth-order valence-electron chi connectivity index (χ4n) is 2.79. The van der Waals surface area contributed by atoms with Gasteiger partial charge in [0.25, 0.3) is 0 Å². The van der Waals surface area contributed by atoms with E-state index in [2.05, 4.69) is 9.97 Å². The fraction of sp³-hybridized carbons (Fsp3) is 0.318. The molecule has 0 unspecified atom stereocenters. The highest BCUT2D eigenvalue weighted by molar-refractivity contribution is 7.92. The number of rotatable bonds is 9. The number of aliphatic carboxylic acids is 1. The number of aliphatic hydroxyl groups excluding tert-OH is 1. The topological polar surface area (TPSA) is 121 Å². The molecule has 0 aliphatic heterocycles. The second-order valence-corrected chi connectivity index (χ2v) is 9.49. The average Bonchev–Trinajstić information content (AvgIpc) is 2.69. The minimum absolute atomic E-state index is 0.0138. The van der Waals surface area contributed by atoms with E-state index in [1.54, 1.807) is 12.2 Å². The van der Waals surface area contributed by atoms with Gasteiger partial charge >= 0.3 is 5.97 Å². The zero-order chi connectivity index (χ0) is 24.1. The highest BCUT2D eigenvalue weighted by Gasteiger charge is 2.22. The van der Waals surface area contributed by atoms with Gasteiger partial charge < -0.3 is 10.2 Å². The molecule has 1 atom stereocenters. The fourth-order valence-corrected chi connectivity index (χ4v) is 3.17. The highest BCUT2D eigenvalue weighted by atomic mass is 32.2. The van der Waals surface area contributed by atoms with Gasteiger partial charge in [-0.25, -0.2) is 27.1 Å². The van der Waals surface area contributed by atoms with Crippen LogP contribution >= 0.6 is 0 Å². The number of carboxylic acids is 1. The monoisotopic (exact) mass is 463 g/mol. The highest BCUT2D eigenvalue weighted by Crippen LogP contribution is 2.31. The Hall–Kier alpha value is -3.11. The standard InChI is InChI=1S/C22H26FN3O5S/c1-14(2)20-18(8-6-5-7-17(27)13-19(28)29)21(15-9-11-16(23)12-10-15)25-22(24-20)26(3)32(4,30)31/h5-12,14,17,27H,13H2,1-4H3,(H,28,29)/b7-5+,8-6+/t17-/m0/s1. The summed E-state index contributed by atoms with van der Waals surface area (Å²) < 4.78 is 38.6. The number of hydrogen-bond donors (Lipinski definition) is 2. The van der Waals surface area contributed by atoms with E-state index < -0.39 is 34.3 Å². The first-order valence-corrected chi connectivity index (χ1v) is 11.6. The molecule has 0 radical (unpaired) electrons. The molecule has 1 heterocycles. The summed E-state index contributed by atoms with van der Waals surface area (Å²) in [4.78, 5) is 19.6. The van der Waals surface area contributed by atoms with Crippen molar-refractivity contribution >= 4 is 28.0 Å². The summed E-state index contributed by atoms with van der Waals surface area (Å²) in [5.74, 6) is -1.66. The molecule has 172 valence electrons. The molecule has 0 aliphatic rings. The molecule has 2 N–H and O–H groups in total. The summed E-state index contributed by atoms with van der Waals surface area (Å²) in [6.07, 6.45) is 5.61. The number of aromatic nitrogens is 2. The summed E-state index contributed by atoms with van der Waals surface area (Å²) in [5.41, 5.74) is 2.13. The van der Waals surface area contributed by atoms with Gasteiger partial charge in [-0.05, 0) is 30.2 Å². The Kier molecular flexibility index (Phi) is 8.23. The molecular formula is C22H26FN3O5S. The maximum atomic E-state index is 13.5. The van der Waals surface area contributed by atoms with Gasteiger partial charge in [0.05, 0.1) is 30.2 Å². The quantitative estimate of drug-likeness (QED) is 0.548. The number of aliphatic hydroxyl groups is 1. The predicted octanol–water partition coefficient (Wildman–Crippen LogP) is 3.21. The molecule has 0 saturated heterocycles. The van der Waals surface area contributed by atoms with Crippen LogP contribution < -0.4 is 4.31 Å². The lowest BCUT2D eigenvalue weighted by Crippen LogP contribution is -2.27. The lowest BCUT2D eigenvalue weighted by atomic mass is 9.98. The van der Waals surface area contributed by atoms with Gasteiger partial charge in [-0.15, -0.1) is 0 Å². The van der Waals surface area contributed by atoms with Crippen molar-refractivity contribution in [2.45, 2.75) is 32.3 Å². The zero-order valence-electron chi connectivity index (χ0n) is 18.2. The predicted molar refractivity (Wildman–Crippen MR) is 121 cm³/mol. The van der Waals surface area contributed by atoms with Gasteiger partial charge in [-0.3, -0.25) is 4.79 Å². The number of sulfonamides is 1. The third-order valence-corrected chi connectivity index (χ3v) is 5.66. The molecule has 2 aromatic rings. The molecular weight excluding hydrogens is 437 g/mol. The molecule has 10 heteroatoms. The molecule has 0 amide bonds. The van der Waals surface area contributed by atoms with E-state index in [-0.39, 0.29) is 11.9 Å². The lowest BCUT2D eigenvalue weighted by Gasteiger charge is -2.20. The summed E-state index contributed by atoms with van der Waals surface area (Å²) in [6, 6.07) is 5.63. The van der Waals surface area contributed by atoms with Crippen LogP contribution in [-0.4, -0.2) is 54.0 Å². The molecule has 32 heavy (non-hydrogen) atoms. The van der Waals surface area contributed by atoms with Crippen molar-refractivity contribution in [1.82, 2.24) is 9.97 Å². The van der Waals surface area contributed by atoms with E-state index in [0.29, 0.717) is 22.5 Å². The van der Waals surface area contributed by atoms with Crippen molar-refractivity contribution < 1.29 is 27.8 Å². The van der Waals surface area contributed by atoms with Crippen LogP contribution in [0, 0.1) is 5.82 Å². The molecule has 0 spiro atoms. The number of carboxylic acid groups (broad SMARTS) is 1. The molecule has 0 aliphatic carbocycles. The minimum Gasteiger partial charge on any atom is -0.481 e. The second kappa shape index (κ2) is 10.5. The molecule has 0 bridgehead atoms. The SMILES string of the molecule is CC(C)c1nc(N(C)S(C)(=O)=O)nc(-c2ccc(F)cc2)c1/C=C/C=C/[C@H](O)CC(=O)O. The third-order valence-electron chi connectivity index (χ3n) is 4.50. The molecule has 0 fully saturated rings. The van der Waals surface area contributed by atoms with Crippen LogP contribution in [0.3, 0.4) is 0 Å². The lowest BCUT2D eigenvalue weighted by molar-refractivity contribution is -0.138. The van der Waals surface area contributed by atoms with Crippen LogP contribution in [0.2, 0.25) is 0 Å². The summed E-state index contributed by atoms with van der Waals surface area (Å²) in [6.45, 7) is 3.79. The number of benzene rings is 1. The van der Waals surface area contributed by atoms with Gasteiger partial charge in [0, 0.05) is 18.2 Å². The van der Waals surface area contributed by atoms with Crippen molar-refractivity contribution in [3.05, 3.63) is 59.6 Å². The van der Waals surface area contributed by atoms with Gasteiger partial charge in [-0.1, -0.05) is 38.2 Å². The first-order valence-electron chi connectivity index (χ1n) is 9.76. The largest absolute Gasteiger partial charge is 0.481 e. The molecule has 1 aromatic heterocycles. The normalized spacial score (nSPS) is 13.2. The Bertz CT molecular complexity index is 1130. The van der Waals surface area contributed by atoms with E-state index in [1.807, 2.05) is 13.8 Å². The van der Waals surface area contributed by atoms with E-state index in [9.17, 15) is 22.7 Å². The van der Waals surface area contributed by atoms with Crippen LogP contribution in [0.15, 0.2) is 42.5 Å². The number of halogens is 1. The van der Waals surface area contributed by atoms with Gasteiger partial charge in [0.2, 0.25) is 16.0 Å². The number of allylic oxidation sites excluding steroid dienone is 2. The van der Waals surface area contributed by atoms with Crippen LogP contribution in [0.25, 0.3) is 17.3 Å². The van der Waals surface area contributed by atoms with Crippen molar-refractivity contribution in [3.8, 4) is 11.3 Å². The Morgan fingerprint density at radius 3 is 2.34 bits per heavy atom. The van der Waals surface area contributed by atoms with Crippen LogP contribution in [-0.2, 0) is 14.8 Å². The summed E-state index contributed by atoms with van der Waals surface area (Å²) >= 11 is 0. The Morgan fingerprint density at radius 2 is 1.81 bits per heavy atom. The maximum absolute atomic E-state index is 13.5. The smallest absolute Gasteiger partial charge is 0.306 e. The zero-order valence-corrected chi connectivity index (χ0v) is 19.0. The maximum Gasteiger partial charge on any atom is 0.306 e. The third kappa shape index (κ3) is 6.69. The molecule has 8 nitrogen and oxygen atoms in total. The Labute approximate surface area is 186 Å². The minimum atomic E-state index is -3.61. The Balaban J connectivity index is 2.64. The summed E-state index contributed by atoms with van der Waals surface area (Å²) in [7, 11) is -2.26. The van der Waals surface area contributed by atoms with Crippen molar-refractivity contribution in [3.63, 3.8) is 0 Å². The van der Waals surface area contributed by atoms with Gasteiger partial charge in [0.1, 0.15) is 5.82 Å². The van der Waals surface area contributed by atoms with Crippen molar-refractivity contribution in [2.75, 3.05) is 17.6 Å². The number of anilines is 1. The van der Waals surface area contributed by atoms with Gasteiger partial charge in [-0.2, -0.15) is 0 Å². The number of hydrogen-bond acceptors (Lipinski definition) is 6. The Morgan fingerprint density at radius 1 is 1.19 bits per heavy atom. The van der Waals surface area contributed by atoms with Crippen molar-refractivity contribution in [1.29, 1.82) is 0 Å². The summed E-state index contributed by atoms with van der Waals surface area (Å²) in [5, 5.41) is 18.4. The van der Waals surface area contributed by atoms with E-state index in [1.165, 1.54) is 43.5 Å². The van der Waals surface area contributed by atoms with E-state index in [0.717, 1.165) is 10.6 Å². The first-order chi connectivity index (χ1) is 14.9. The second-order valence-electron chi connectivity index (χ2n) is 7.47. The van der Waals surface area contributed by atoms with Gasteiger partial charge in [0.15, 0.2) is 0 Å². The molecule has 0 saturated carbocycles. The van der Waals surface area contributed by atoms with Crippen LogP contribution in [0.1, 0.15) is 37.4 Å². The van der Waals surface area contributed by atoms with E-state index in [4.69, 9.17) is 5.11 Å². The first kappa shape index (κ1) is 25.2. The molecule has 2 rings (SSSR count). The number of nitrogens with zero attached hydrogens (tertiary/aromatic N) is 3. The van der Waals surface area contributed by atoms with Crippen LogP contribution in [0.4, 0.5) is 10.3 Å². The average molecular weight is 464 g/mol.